The van der Waals surface area contributed by atoms with Crippen LogP contribution in [0, 0.1) is 0 Å². The van der Waals surface area contributed by atoms with Gasteiger partial charge >= 0.3 is 0 Å². The van der Waals surface area contributed by atoms with E-state index < -0.39 is 0 Å². The van der Waals surface area contributed by atoms with Crippen molar-refractivity contribution in [2.75, 3.05) is 45.9 Å². The second kappa shape index (κ2) is 8.02. The Morgan fingerprint density at radius 2 is 2.17 bits per heavy atom. The molecule has 1 aliphatic rings. The summed E-state index contributed by atoms with van der Waals surface area (Å²) in [6.45, 7) is 5.86. The summed E-state index contributed by atoms with van der Waals surface area (Å²) in [4.78, 5) is 24.6. The van der Waals surface area contributed by atoms with E-state index in [2.05, 4.69) is 22.5 Å². The van der Waals surface area contributed by atoms with Gasteiger partial charge < -0.3 is 21.1 Å². The maximum absolute atomic E-state index is 11.4. The molecule has 0 aromatic heterocycles. The molecule has 0 aromatic rings. The molecule has 4 N–H and O–H groups in total. The van der Waals surface area contributed by atoms with E-state index in [1.807, 2.05) is 0 Å². The van der Waals surface area contributed by atoms with Crippen molar-refractivity contribution in [3.63, 3.8) is 0 Å². The SMILES string of the molecule is CCN1CCOC(CNC(=O)CNC(=O)CN)C1. The molecule has 0 radical (unpaired) electrons. The first-order chi connectivity index (χ1) is 8.65. The van der Waals surface area contributed by atoms with Crippen molar-refractivity contribution in [2.45, 2.75) is 13.0 Å². The lowest BCUT2D eigenvalue weighted by atomic mass is 10.2. The number of amides is 2. The Labute approximate surface area is 107 Å². The third kappa shape index (κ3) is 5.44. The number of rotatable bonds is 6. The molecule has 0 aliphatic carbocycles. The van der Waals surface area contributed by atoms with Crippen LogP contribution in [0.3, 0.4) is 0 Å². The van der Waals surface area contributed by atoms with E-state index in [1.165, 1.54) is 0 Å². The first-order valence-electron chi connectivity index (χ1n) is 6.23. The van der Waals surface area contributed by atoms with Gasteiger partial charge in [0.1, 0.15) is 0 Å². The number of nitrogens with zero attached hydrogens (tertiary/aromatic N) is 1. The van der Waals surface area contributed by atoms with Crippen LogP contribution in [-0.4, -0.2) is 68.7 Å². The minimum atomic E-state index is -0.337. The summed E-state index contributed by atoms with van der Waals surface area (Å²) in [6, 6.07) is 0. The van der Waals surface area contributed by atoms with Crippen LogP contribution in [0.2, 0.25) is 0 Å². The topological polar surface area (TPSA) is 96.7 Å². The second-order valence-electron chi connectivity index (χ2n) is 4.17. The standard InChI is InChI=1S/C11H22N4O3/c1-2-15-3-4-18-9(8-15)6-13-11(17)7-14-10(16)5-12/h9H,2-8,12H2,1H3,(H,13,17)(H,14,16). The summed E-state index contributed by atoms with van der Waals surface area (Å²) < 4.78 is 5.54. The summed E-state index contributed by atoms with van der Waals surface area (Å²) in [6.07, 6.45) is 0.0212. The molecule has 1 aliphatic heterocycles. The van der Waals surface area contributed by atoms with Gasteiger partial charge in [-0.3, -0.25) is 14.5 Å². The maximum atomic E-state index is 11.4. The van der Waals surface area contributed by atoms with Crippen LogP contribution in [-0.2, 0) is 14.3 Å². The Kier molecular flexibility index (Phi) is 6.63. The molecule has 0 bridgehead atoms. The summed E-state index contributed by atoms with van der Waals surface area (Å²) >= 11 is 0. The fraction of sp³-hybridized carbons (Fsp3) is 0.818. The van der Waals surface area contributed by atoms with Crippen LogP contribution < -0.4 is 16.4 Å². The lowest BCUT2D eigenvalue weighted by molar-refractivity contribution is -0.126. The van der Waals surface area contributed by atoms with E-state index in [1.54, 1.807) is 0 Å². The third-order valence-electron chi connectivity index (χ3n) is 2.83. The smallest absolute Gasteiger partial charge is 0.239 e. The van der Waals surface area contributed by atoms with Gasteiger partial charge in [0, 0.05) is 19.6 Å². The minimum Gasteiger partial charge on any atom is -0.374 e. The van der Waals surface area contributed by atoms with E-state index in [0.29, 0.717) is 13.2 Å². The predicted molar refractivity (Wildman–Crippen MR) is 66.9 cm³/mol. The molecule has 1 fully saturated rings. The van der Waals surface area contributed by atoms with Crippen LogP contribution in [0.25, 0.3) is 0 Å². The van der Waals surface area contributed by atoms with Gasteiger partial charge in [-0.2, -0.15) is 0 Å². The van der Waals surface area contributed by atoms with Crippen molar-refractivity contribution in [2.24, 2.45) is 5.73 Å². The molecule has 1 atom stereocenters. The maximum Gasteiger partial charge on any atom is 0.239 e. The van der Waals surface area contributed by atoms with Gasteiger partial charge in [0.05, 0.1) is 25.8 Å². The van der Waals surface area contributed by atoms with Gasteiger partial charge in [-0.25, -0.2) is 0 Å². The van der Waals surface area contributed by atoms with Gasteiger partial charge in [-0.05, 0) is 6.54 Å². The molecule has 104 valence electrons. The second-order valence-corrected chi connectivity index (χ2v) is 4.17. The molecule has 1 saturated heterocycles. The monoisotopic (exact) mass is 258 g/mol. The first-order valence-corrected chi connectivity index (χ1v) is 6.23. The largest absolute Gasteiger partial charge is 0.374 e. The highest BCUT2D eigenvalue weighted by Crippen LogP contribution is 2.03. The van der Waals surface area contributed by atoms with Crippen molar-refractivity contribution in [3.05, 3.63) is 0 Å². The van der Waals surface area contributed by atoms with Gasteiger partial charge in [0.25, 0.3) is 0 Å². The number of hydrogen-bond donors (Lipinski definition) is 3. The predicted octanol–water partition coefficient (Wildman–Crippen LogP) is -2.10. The normalized spacial score (nSPS) is 20.4. The Morgan fingerprint density at radius 1 is 1.39 bits per heavy atom. The Bertz CT molecular complexity index is 285. The van der Waals surface area contributed by atoms with Gasteiger partial charge in [-0.15, -0.1) is 0 Å². The zero-order valence-corrected chi connectivity index (χ0v) is 10.8. The lowest BCUT2D eigenvalue weighted by Crippen LogP contribution is -2.48. The number of carbonyl (C=O) groups excluding carboxylic acids is 2. The van der Waals surface area contributed by atoms with Crippen molar-refractivity contribution < 1.29 is 14.3 Å². The number of morpholine rings is 1. The number of likely N-dealkylation sites (N-methyl/N-ethyl adjacent to an activating group) is 1. The highest BCUT2D eigenvalue weighted by atomic mass is 16.5. The Balaban J connectivity index is 2.15. The van der Waals surface area contributed by atoms with Crippen LogP contribution in [0.4, 0.5) is 0 Å². The molecule has 1 unspecified atom stereocenters. The number of nitrogens with two attached hydrogens (primary N) is 1. The average Bonchev–Trinajstić information content (AvgIpc) is 2.42. The van der Waals surface area contributed by atoms with E-state index in [4.69, 9.17) is 10.5 Å². The zero-order valence-electron chi connectivity index (χ0n) is 10.8. The molecule has 0 saturated carbocycles. The molecule has 1 rings (SSSR count). The zero-order chi connectivity index (χ0) is 13.4. The van der Waals surface area contributed by atoms with Gasteiger partial charge in [0.15, 0.2) is 0 Å². The summed E-state index contributed by atoms with van der Waals surface area (Å²) in [5, 5.41) is 5.14. The Morgan fingerprint density at radius 3 is 2.83 bits per heavy atom. The van der Waals surface area contributed by atoms with Crippen LogP contribution in [0.5, 0.6) is 0 Å². The van der Waals surface area contributed by atoms with Crippen LogP contribution in [0.15, 0.2) is 0 Å². The molecule has 7 nitrogen and oxygen atoms in total. The summed E-state index contributed by atoms with van der Waals surface area (Å²) in [7, 11) is 0. The van der Waals surface area contributed by atoms with Crippen LogP contribution >= 0.6 is 0 Å². The quantitative estimate of drug-likeness (QED) is 0.507. The fourth-order valence-electron chi connectivity index (χ4n) is 1.73. The van der Waals surface area contributed by atoms with E-state index in [-0.39, 0.29) is 31.0 Å². The number of ether oxygens (including phenoxy) is 1. The van der Waals surface area contributed by atoms with Crippen molar-refractivity contribution in [1.82, 2.24) is 15.5 Å². The van der Waals surface area contributed by atoms with Crippen molar-refractivity contribution >= 4 is 11.8 Å². The van der Waals surface area contributed by atoms with Gasteiger partial charge in [-0.1, -0.05) is 6.92 Å². The lowest BCUT2D eigenvalue weighted by Gasteiger charge is -2.32. The first kappa shape index (κ1) is 14.9. The van der Waals surface area contributed by atoms with Crippen LogP contribution in [0.1, 0.15) is 6.92 Å². The van der Waals surface area contributed by atoms with E-state index in [0.717, 1.165) is 19.6 Å². The molecular formula is C11H22N4O3. The fourth-order valence-corrected chi connectivity index (χ4v) is 1.73. The van der Waals surface area contributed by atoms with Crippen molar-refractivity contribution in [3.8, 4) is 0 Å². The molecule has 0 spiro atoms. The minimum absolute atomic E-state index is 0.0212. The van der Waals surface area contributed by atoms with Crippen molar-refractivity contribution in [1.29, 1.82) is 0 Å². The number of hydrogen-bond acceptors (Lipinski definition) is 5. The number of carbonyl (C=O) groups is 2. The summed E-state index contributed by atoms with van der Waals surface area (Å²) in [5.74, 6) is -0.565. The van der Waals surface area contributed by atoms with E-state index >= 15 is 0 Å². The van der Waals surface area contributed by atoms with E-state index in [9.17, 15) is 9.59 Å². The number of nitrogens with one attached hydrogen (secondary N) is 2. The summed E-state index contributed by atoms with van der Waals surface area (Å²) in [5.41, 5.74) is 5.11. The molecule has 2 amide bonds. The highest BCUT2D eigenvalue weighted by Gasteiger charge is 2.19. The molecule has 0 aromatic carbocycles. The average molecular weight is 258 g/mol. The molecular weight excluding hydrogens is 236 g/mol. The Hall–Kier alpha value is -1.18. The third-order valence-corrected chi connectivity index (χ3v) is 2.83. The molecule has 7 heteroatoms. The molecule has 18 heavy (non-hydrogen) atoms. The van der Waals surface area contributed by atoms with Gasteiger partial charge in [0.2, 0.25) is 11.8 Å². The highest BCUT2D eigenvalue weighted by molar-refractivity contribution is 5.85. The molecule has 1 heterocycles.